The summed E-state index contributed by atoms with van der Waals surface area (Å²) in [5.41, 5.74) is 2.87. The fraction of sp³-hybridized carbons (Fsp3) is 0.476. The highest BCUT2D eigenvalue weighted by Gasteiger charge is 2.51. The number of likely N-dealkylation sites (N-methyl/N-ethyl adjacent to an activating group) is 1. The van der Waals surface area contributed by atoms with E-state index in [4.69, 9.17) is 4.98 Å². The SMILES string of the molecule is CC(C)c1nccc(CN2CCC[C@@]3(C2)C(=O)N(C)c2ccccc23)n1. The number of piperidine rings is 1. The second kappa shape index (κ2) is 6.47. The lowest BCUT2D eigenvalue weighted by molar-refractivity contribution is -0.125. The number of benzene rings is 1. The van der Waals surface area contributed by atoms with Crippen LogP contribution >= 0.6 is 0 Å². The van der Waals surface area contributed by atoms with Gasteiger partial charge in [-0.2, -0.15) is 0 Å². The summed E-state index contributed by atoms with van der Waals surface area (Å²) in [6, 6.07) is 10.2. The van der Waals surface area contributed by atoms with Crippen LogP contribution in [-0.4, -0.2) is 40.9 Å². The highest BCUT2D eigenvalue weighted by Crippen LogP contribution is 2.46. The van der Waals surface area contributed by atoms with Gasteiger partial charge in [-0.1, -0.05) is 32.0 Å². The first kappa shape index (κ1) is 17.2. The molecule has 5 heteroatoms. The van der Waals surface area contributed by atoms with Crippen molar-refractivity contribution in [1.82, 2.24) is 14.9 Å². The van der Waals surface area contributed by atoms with Crippen molar-refractivity contribution in [3.63, 3.8) is 0 Å². The van der Waals surface area contributed by atoms with Crippen LogP contribution in [0.1, 0.15) is 49.7 Å². The van der Waals surface area contributed by atoms with Crippen LogP contribution in [0.25, 0.3) is 0 Å². The molecule has 1 atom stereocenters. The maximum Gasteiger partial charge on any atom is 0.238 e. The molecule has 5 nitrogen and oxygen atoms in total. The summed E-state index contributed by atoms with van der Waals surface area (Å²) < 4.78 is 0. The quantitative estimate of drug-likeness (QED) is 0.853. The summed E-state index contributed by atoms with van der Waals surface area (Å²) in [5.74, 6) is 1.43. The van der Waals surface area contributed by atoms with Gasteiger partial charge in [-0.05, 0) is 37.1 Å². The lowest BCUT2D eigenvalue weighted by atomic mass is 9.75. The zero-order valence-corrected chi connectivity index (χ0v) is 15.8. The van der Waals surface area contributed by atoms with Crippen molar-refractivity contribution >= 4 is 11.6 Å². The van der Waals surface area contributed by atoms with Gasteiger partial charge in [0.1, 0.15) is 5.82 Å². The van der Waals surface area contributed by atoms with Crippen molar-refractivity contribution in [3.8, 4) is 0 Å². The van der Waals surface area contributed by atoms with E-state index in [0.717, 1.165) is 49.7 Å². The first-order valence-corrected chi connectivity index (χ1v) is 9.43. The minimum Gasteiger partial charge on any atom is -0.314 e. The molecule has 4 rings (SSSR count). The van der Waals surface area contributed by atoms with Crippen LogP contribution in [0.3, 0.4) is 0 Å². The number of carbonyl (C=O) groups excluding carboxylic acids is 1. The number of aromatic nitrogens is 2. The Hall–Kier alpha value is -2.27. The van der Waals surface area contributed by atoms with Crippen LogP contribution in [-0.2, 0) is 16.8 Å². The van der Waals surface area contributed by atoms with Gasteiger partial charge >= 0.3 is 0 Å². The summed E-state index contributed by atoms with van der Waals surface area (Å²) in [4.78, 5) is 26.4. The molecule has 0 saturated carbocycles. The third-order valence-corrected chi connectivity index (χ3v) is 5.70. The summed E-state index contributed by atoms with van der Waals surface area (Å²) >= 11 is 0. The number of carbonyl (C=O) groups is 1. The summed E-state index contributed by atoms with van der Waals surface area (Å²) in [7, 11) is 1.90. The fourth-order valence-corrected chi connectivity index (χ4v) is 4.40. The van der Waals surface area contributed by atoms with E-state index in [-0.39, 0.29) is 5.91 Å². The number of hydrogen-bond acceptors (Lipinski definition) is 4. The Bertz CT molecular complexity index is 834. The van der Waals surface area contributed by atoms with Gasteiger partial charge in [0.15, 0.2) is 0 Å². The monoisotopic (exact) mass is 350 g/mol. The second-order valence-electron chi connectivity index (χ2n) is 7.84. The average molecular weight is 350 g/mol. The molecule has 2 aliphatic rings. The van der Waals surface area contributed by atoms with Crippen molar-refractivity contribution in [1.29, 1.82) is 0 Å². The third-order valence-electron chi connectivity index (χ3n) is 5.70. The van der Waals surface area contributed by atoms with Gasteiger partial charge in [0.25, 0.3) is 0 Å². The molecule has 2 aromatic rings. The maximum absolute atomic E-state index is 13.2. The Morgan fingerprint density at radius 3 is 2.85 bits per heavy atom. The van der Waals surface area contributed by atoms with E-state index >= 15 is 0 Å². The number of rotatable bonds is 3. The number of para-hydroxylation sites is 1. The average Bonchev–Trinajstić information content (AvgIpc) is 2.85. The van der Waals surface area contributed by atoms with Crippen LogP contribution in [0.5, 0.6) is 0 Å². The van der Waals surface area contributed by atoms with Gasteiger partial charge < -0.3 is 4.90 Å². The molecule has 26 heavy (non-hydrogen) atoms. The molecular formula is C21H26N4O. The van der Waals surface area contributed by atoms with Gasteiger partial charge in [-0.15, -0.1) is 0 Å². The van der Waals surface area contributed by atoms with E-state index in [1.807, 2.05) is 36.3 Å². The Morgan fingerprint density at radius 1 is 1.23 bits per heavy atom. The van der Waals surface area contributed by atoms with Gasteiger partial charge in [0.2, 0.25) is 5.91 Å². The zero-order valence-electron chi connectivity index (χ0n) is 15.8. The highest BCUT2D eigenvalue weighted by atomic mass is 16.2. The van der Waals surface area contributed by atoms with Gasteiger partial charge in [-0.3, -0.25) is 9.69 Å². The Kier molecular flexibility index (Phi) is 4.27. The number of nitrogens with zero attached hydrogens (tertiary/aromatic N) is 4. The smallest absolute Gasteiger partial charge is 0.238 e. The minimum atomic E-state index is -0.405. The summed E-state index contributed by atoms with van der Waals surface area (Å²) in [6.07, 6.45) is 3.79. The highest BCUT2D eigenvalue weighted by molar-refractivity contribution is 6.08. The fourth-order valence-electron chi connectivity index (χ4n) is 4.40. The maximum atomic E-state index is 13.2. The Morgan fingerprint density at radius 2 is 2.04 bits per heavy atom. The molecule has 1 fully saturated rings. The van der Waals surface area contributed by atoms with E-state index in [0.29, 0.717) is 5.92 Å². The van der Waals surface area contributed by atoms with E-state index in [2.05, 4.69) is 35.9 Å². The lowest BCUT2D eigenvalue weighted by Crippen LogP contribution is -2.51. The number of amides is 1. The topological polar surface area (TPSA) is 49.3 Å². The molecule has 0 N–H and O–H groups in total. The Labute approximate surface area is 155 Å². The molecule has 1 saturated heterocycles. The van der Waals surface area contributed by atoms with Crippen LogP contribution in [0.15, 0.2) is 36.5 Å². The molecule has 2 aliphatic heterocycles. The number of hydrogen-bond donors (Lipinski definition) is 0. The first-order valence-electron chi connectivity index (χ1n) is 9.43. The molecule has 1 aromatic heterocycles. The molecule has 1 spiro atoms. The molecule has 136 valence electrons. The van der Waals surface area contributed by atoms with Gasteiger partial charge in [0.05, 0.1) is 11.1 Å². The van der Waals surface area contributed by atoms with Crippen LogP contribution in [0, 0.1) is 0 Å². The van der Waals surface area contributed by atoms with E-state index in [1.54, 1.807) is 0 Å². The number of anilines is 1. The first-order chi connectivity index (χ1) is 12.5. The largest absolute Gasteiger partial charge is 0.314 e. The summed E-state index contributed by atoms with van der Waals surface area (Å²) in [6.45, 7) is 6.75. The molecule has 0 aliphatic carbocycles. The molecule has 0 unspecified atom stereocenters. The van der Waals surface area contributed by atoms with E-state index < -0.39 is 5.41 Å². The molecule has 0 bridgehead atoms. The Balaban J connectivity index is 1.61. The minimum absolute atomic E-state index is 0.231. The normalized spacial score (nSPS) is 23.1. The predicted octanol–water partition coefficient (Wildman–Crippen LogP) is 3.11. The molecular weight excluding hydrogens is 324 g/mol. The third kappa shape index (κ3) is 2.71. The molecule has 1 amide bonds. The van der Waals surface area contributed by atoms with Crippen molar-refractivity contribution in [2.75, 3.05) is 25.0 Å². The predicted molar refractivity (Wildman–Crippen MR) is 102 cm³/mol. The van der Waals surface area contributed by atoms with Crippen molar-refractivity contribution in [2.24, 2.45) is 0 Å². The molecule has 1 aromatic carbocycles. The van der Waals surface area contributed by atoms with E-state index in [1.165, 1.54) is 5.56 Å². The van der Waals surface area contributed by atoms with Crippen LogP contribution in [0.4, 0.5) is 5.69 Å². The standard InChI is InChI=1S/C21H26N4O/c1-15(2)19-22-11-9-16(23-19)13-25-12-6-10-21(14-25)17-7-4-5-8-18(17)24(3)20(21)26/h4-5,7-9,11,15H,6,10,12-14H2,1-3H3/t21-/m0/s1. The summed E-state index contributed by atoms with van der Waals surface area (Å²) in [5, 5.41) is 0. The number of fused-ring (bicyclic) bond motifs is 2. The van der Waals surface area contributed by atoms with Crippen LogP contribution in [0.2, 0.25) is 0 Å². The molecule has 3 heterocycles. The van der Waals surface area contributed by atoms with Crippen LogP contribution < -0.4 is 4.90 Å². The zero-order chi connectivity index (χ0) is 18.3. The van der Waals surface area contributed by atoms with Crippen molar-refractivity contribution in [2.45, 2.75) is 44.6 Å². The van der Waals surface area contributed by atoms with Gasteiger partial charge in [0, 0.05) is 37.9 Å². The molecule has 0 radical (unpaired) electrons. The van der Waals surface area contributed by atoms with E-state index in [9.17, 15) is 4.79 Å². The van der Waals surface area contributed by atoms with Crippen molar-refractivity contribution in [3.05, 3.63) is 53.6 Å². The lowest BCUT2D eigenvalue weighted by Gasteiger charge is -2.39. The van der Waals surface area contributed by atoms with Crippen molar-refractivity contribution < 1.29 is 4.79 Å². The second-order valence-corrected chi connectivity index (χ2v) is 7.84. The number of likely N-dealkylation sites (tertiary alicyclic amines) is 1. The van der Waals surface area contributed by atoms with Gasteiger partial charge in [-0.25, -0.2) is 9.97 Å².